The molecule has 0 bridgehead atoms. The Morgan fingerprint density at radius 1 is 1.54 bits per heavy atom. The normalized spacial score (nSPS) is 39.0. The van der Waals surface area contributed by atoms with Crippen LogP contribution in [0.5, 0.6) is 0 Å². The molecule has 2 aliphatic rings. The van der Waals surface area contributed by atoms with Gasteiger partial charge in [-0.3, -0.25) is 0 Å². The molecular weight excluding hydrogens is 172 g/mol. The predicted octanol–water partition coefficient (Wildman–Crippen LogP) is 3.53. The molecule has 0 aromatic heterocycles. The van der Waals surface area contributed by atoms with Crippen LogP contribution in [0.2, 0.25) is 17.1 Å². The van der Waals surface area contributed by atoms with Gasteiger partial charge in [0.25, 0.3) is 0 Å². The van der Waals surface area contributed by atoms with Gasteiger partial charge < -0.3 is 0 Å². The molecule has 72 valence electrons. The number of rotatable bonds is 2. The second-order valence-corrected chi connectivity index (χ2v) is 8.36. The van der Waals surface area contributed by atoms with Gasteiger partial charge >= 0.3 is 0 Å². The summed E-state index contributed by atoms with van der Waals surface area (Å²) >= 11 is 0. The highest BCUT2D eigenvalue weighted by Gasteiger charge is 2.47. The maximum atomic E-state index is 2.54. The van der Waals surface area contributed by atoms with Crippen molar-refractivity contribution in [2.75, 3.05) is 0 Å². The molecule has 0 nitrogen and oxygen atoms in total. The lowest BCUT2D eigenvalue weighted by molar-refractivity contribution is 0.484. The third-order valence-corrected chi connectivity index (χ3v) is 7.98. The van der Waals surface area contributed by atoms with Crippen LogP contribution >= 0.6 is 0 Å². The van der Waals surface area contributed by atoms with Crippen molar-refractivity contribution in [2.45, 2.75) is 44.3 Å². The largest absolute Gasteiger partial charge is 0.0808 e. The first-order valence-electron chi connectivity index (χ1n) is 5.56. The van der Waals surface area contributed by atoms with Crippen LogP contribution in [0, 0.1) is 5.92 Å². The summed E-state index contributed by atoms with van der Waals surface area (Å²) in [5.41, 5.74) is 1.60. The minimum atomic E-state index is -0.362. The standard InChI is InChI=1S/C12H20Si/c1-4-12(13-8-9-13)7-5-6-10(2)11(12)3/h5-7,11,13H,4,8-9H2,1-3H3. The molecule has 1 heteroatoms. The zero-order valence-corrected chi connectivity index (χ0v) is 10.2. The Kier molecular flexibility index (Phi) is 2.23. The van der Waals surface area contributed by atoms with Crippen LogP contribution in [0.4, 0.5) is 0 Å². The van der Waals surface area contributed by atoms with Crippen molar-refractivity contribution in [3.63, 3.8) is 0 Å². The van der Waals surface area contributed by atoms with Gasteiger partial charge in [-0.15, -0.1) is 0 Å². The van der Waals surface area contributed by atoms with E-state index in [0.29, 0.717) is 5.04 Å². The zero-order valence-electron chi connectivity index (χ0n) is 9.01. The molecule has 0 amide bonds. The fourth-order valence-electron chi connectivity index (χ4n) is 2.91. The smallest absolute Gasteiger partial charge is 0.0482 e. The van der Waals surface area contributed by atoms with Crippen LogP contribution in [-0.4, -0.2) is 8.80 Å². The quantitative estimate of drug-likeness (QED) is 0.587. The highest BCUT2D eigenvalue weighted by Crippen LogP contribution is 2.56. The summed E-state index contributed by atoms with van der Waals surface area (Å²) in [4.78, 5) is 0. The van der Waals surface area contributed by atoms with E-state index < -0.39 is 0 Å². The second kappa shape index (κ2) is 3.12. The summed E-state index contributed by atoms with van der Waals surface area (Å²) in [7, 11) is -0.362. The minimum absolute atomic E-state index is 0.362. The lowest BCUT2D eigenvalue weighted by Crippen LogP contribution is -2.29. The lowest BCUT2D eigenvalue weighted by Gasteiger charge is -2.38. The van der Waals surface area contributed by atoms with Gasteiger partial charge in [-0.25, -0.2) is 0 Å². The van der Waals surface area contributed by atoms with Gasteiger partial charge in [0.05, 0.1) is 0 Å². The van der Waals surface area contributed by atoms with E-state index in [2.05, 4.69) is 39.0 Å². The van der Waals surface area contributed by atoms with E-state index in [9.17, 15) is 0 Å². The molecule has 1 aliphatic carbocycles. The Morgan fingerprint density at radius 2 is 2.23 bits per heavy atom. The first-order chi connectivity index (χ1) is 6.20. The molecule has 1 fully saturated rings. The van der Waals surface area contributed by atoms with Crippen molar-refractivity contribution in [2.24, 2.45) is 5.92 Å². The van der Waals surface area contributed by atoms with Crippen LogP contribution in [-0.2, 0) is 0 Å². The average Bonchev–Trinajstić information content (AvgIpc) is 2.94. The molecule has 0 radical (unpaired) electrons. The molecule has 13 heavy (non-hydrogen) atoms. The molecule has 1 heterocycles. The third-order valence-electron chi connectivity index (χ3n) is 4.20. The summed E-state index contributed by atoms with van der Waals surface area (Å²) in [5, 5.41) is 0.652. The summed E-state index contributed by atoms with van der Waals surface area (Å²) < 4.78 is 0. The van der Waals surface area contributed by atoms with E-state index in [4.69, 9.17) is 0 Å². The Balaban J connectivity index is 2.29. The van der Waals surface area contributed by atoms with Gasteiger partial charge in [-0.2, -0.15) is 0 Å². The molecule has 1 aliphatic heterocycles. The van der Waals surface area contributed by atoms with E-state index in [0.717, 1.165) is 5.92 Å². The van der Waals surface area contributed by atoms with Crippen molar-refractivity contribution in [1.82, 2.24) is 0 Å². The van der Waals surface area contributed by atoms with E-state index in [1.54, 1.807) is 17.7 Å². The molecular formula is C12H20Si. The molecule has 0 saturated carbocycles. The van der Waals surface area contributed by atoms with Crippen LogP contribution < -0.4 is 0 Å². The van der Waals surface area contributed by atoms with Crippen molar-refractivity contribution in [1.29, 1.82) is 0 Å². The molecule has 0 aromatic carbocycles. The van der Waals surface area contributed by atoms with Gasteiger partial charge in [0.15, 0.2) is 0 Å². The van der Waals surface area contributed by atoms with E-state index in [1.165, 1.54) is 6.42 Å². The molecule has 2 atom stereocenters. The zero-order chi connectivity index (χ0) is 9.47. The van der Waals surface area contributed by atoms with Crippen molar-refractivity contribution in [3.05, 3.63) is 23.8 Å². The van der Waals surface area contributed by atoms with Crippen LogP contribution in [0.3, 0.4) is 0 Å². The first kappa shape index (κ1) is 9.26. The Bertz CT molecular complexity index is 260. The summed E-state index contributed by atoms with van der Waals surface area (Å²) in [5.74, 6) is 0.821. The molecule has 0 spiro atoms. The van der Waals surface area contributed by atoms with E-state index >= 15 is 0 Å². The fourth-order valence-corrected chi connectivity index (χ4v) is 6.59. The summed E-state index contributed by atoms with van der Waals surface area (Å²) in [6, 6.07) is 3.19. The van der Waals surface area contributed by atoms with Crippen LogP contribution in [0.15, 0.2) is 23.8 Å². The number of allylic oxidation sites excluding steroid dienone is 4. The van der Waals surface area contributed by atoms with Crippen LogP contribution in [0.1, 0.15) is 27.2 Å². The summed E-state index contributed by atoms with van der Waals surface area (Å²) in [6.45, 7) is 7.12. The molecule has 0 N–H and O–H groups in total. The summed E-state index contributed by atoms with van der Waals surface area (Å²) in [6.07, 6.45) is 8.51. The van der Waals surface area contributed by atoms with Crippen molar-refractivity contribution in [3.8, 4) is 0 Å². The molecule has 2 unspecified atom stereocenters. The monoisotopic (exact) mass is 192 g/mol. The van der Waals surface area contributed by atoms with Crippen LogP contribution in [0.25, 0.3) is 0 Å². The van der Waals surface area contributed by atoms with Crippen molar-refractivity contribution >= 4 is 8.80 Å². The minimum Gasteiger partial charge on any atom is -0.0808 e. The van der Waals surface area contributed by atoms with E-state index in [-0.39, 0.29) is 8.80 Å². The van der Waals surface area contributed by atoms with Gasteiger partial charge in [0.2, 0.25) is 0 Å². The predicted molar refractivity (Wildman–Crippen MR) is 61.8 cm³/mol. The van der Waals surface area contributed by atoms with Gasteiger partial charge in [0, 0.05) is 8.80 Å². The molecule has 2 rings (SSSR count). The third kappa shape index (κ3) is 1.34. The number of hydrogen-bond acceptors (Lipinski definition) is 0. The Hall–Kier alpha value is -0.303. The van der Waals surface area contributed by atoms with Crippen molar-refractivity contribution < 1.29 is 0 Å². The lowest BCUT2D eigenvalue weighted by atomic mass is 9.81. The fraction of sp³-hybridized carbons (Fsp3) is 0.667. The molecule has 0 aromatic rings. The first-order valence-corrected chi connectivity index (χ1v) is 7.77. The molecule has 1 saturated heterocycles. The highest BCUT2D eigenvalue weighted by molar-refractivity contribution is 6.73. The van der Waals surface area contributed by atoms with Gasteiger partial charge in [-0.1, -0.05) is 49.7 Å². The van der Waals surface area contributed by atoms with E-state index in [1.807, 2.05) is 0 Å². The Morgan fingerprint density at radius 3 is 2.77 bits per heavy atom. The topological polar surface area (TPSA) is 0 Å². The Labute approximate surface area is 83.3 Å². The maximum absolute atomic E-state index is 2.54. The van der Waals surface area contributed by atoms with Gasteiger partial charge in [0.1, 0.15) is 0 Å². The van der Waals surface area contributed by atoms with Gasteiger partial charge in [-0.05, 0) is 24.3 Å². The second-order valence-electron chi connectivity index (χ2n) is 4.73. The maximum Gasteiger partial charge on any atom is 0.0482 e. The number of hydrogen-bond donors (Lipinski definition) is 0. The SMILES string of the molecule is CCC1([SiH]2CC2)C=CC=C(C)C1C. The average molecular weight is 192 g/mol. The highest BCUT2D eigenvalue weighted by atomic mass is 28.3.